The van der Waals surface area contributed by atoms with Crippen molar-refractivity contribution in [3.63, 3.8) is 0 Å². The lowest BCUT2D eigenvalue weighted by Crippen LogP contribution is -2.03. The van der Waals surface area contributed by atoms with Gasteiger partial charge in [-0.25, -0.2) is 0 Å². The summed E-state index contributed by atoms with van der Waals surface area (Å²) in [7, 11) is 0. The van der Waals surface area contributed by atoms with Gasteiger partial charge in [-0.3, -0.25) is 4.79 Å². The number of carbonyl (C=O) groups is 1. The molecule has 0 aliphatic carbocycles. The number of fused-ring (bicyclic) bond motifs is 1. The monoisotopic (exact) mass is 291 g/mol. The largest absolute Gasteiger partial charge is 0.493 e. The van der Waals surface area contributed by atoms with E-state index >= 15 is 0 Å². The average Bonchev–Trinajstić information content (AvgIpc) is 2.55. The summed E-state index contributed by atoms with van der Waals surface area (Å²) in [6.07, 6.45) is 0. The van der Waals surface area contributed by atoms with Gasteiger partial charge in [0.05, 0.1) is 6.61 Å². The maximum atomic E-state index is 12.8. The molecule has 0 aromatic heterocycles. The molecule has 0 aliphatic rings. The van der Waals surface area contributed by atoms with E-state index in [2.05, 4.69) is 0 Å². The van der Waals surface area contributed by atoms with E-state index in [0.717, 1.165) is 16.5 Å². The summed E-state index contributed by atoms with van der Waals surface area (Å²) in [6.45, 7) is 2.54. The summed E-state index contributed by atoms with van der Waals surface area (Å²) in [6, 6.07) is 18.5. The molecule has 0 heterocycles. The van der Waals surface area contributed by atoms with E-state index in [1.165, 1.54) is 0 Å². The molecule has 0 radical (unpaired) electrons. The third kappa shape index (κ3) is 2.53. The van der Waals surface area contributed by atoms with Crippen LogP contribution in [0.5, 0.6) is 5.75 Å². The first-order valence-corrected chi connectivity index (χ1v) is 7.25. The van der Waals surface area contributed by atoms with Gasteiger partial charge in [0.1, 0.15) is 5.75 Å². The van der Waals surface area contributed by atoms with Crippen molar-refractivity contribution in [1.29, 1.82) is 0 Å². The summed E-state index contributed by atoms with van der Waals surface area (Å²) >= 11 is 0. The van der Waals surface area contributed by atoms with Crippen LogP contribution in [0.4, 0.5) is 5.69 Å². The quantitative estimate of drug-likeness (QED) is 0.582. The van der Waals surface area contributed by atoms with Gasteiger partial charge in [0.15, 0.2) is 5.78 Å². The highest BCUT2D eigenvalue weighted by Crippen LogP contribution is 2.30. The zero-order valence-electron chi connectivity index (χ0n) is 12.4. The number of nitrogen functional groups attached to an aromatic ring is 1. The minimum atomic E-state index is -0.0146. The van der Waals surface area contributed by atoms with E-state index in [-0.39, 0.29) is 5.78 Å². The fourth-order valence-electron chi connectivity index (χ4n) is 2.54. The van der Waals surface area contributed by atoms with Crippen LogP contribution in [0.15, 0.2) is 60.7 Å². The van der Waals surface area contributed by atoms with Gasteiger partial charge in [0.25, 0.3) is 0 Å². The third-order valence-corrected chi connectivity index (χ3v) is 3.60. The van der Waals surface area contributed by atoms with Gasteiger partial charge in [0.2, 0.25) is 0 Å². The topological polar surface area (TPSA) is 52.3 Å². The highest BCUT2D eigenvalue weighted by Gasteiger charge is 2.14. The maximum absolute atomic E-state index is 12.8. The highest BCUT2D eigenvalue weighted by atomic mass is 16.5. The average molecular weight is 291 g/mol. The molecule has 0 unspecified atom stereocenters. The molecule has 0 amide bonds. The van der Waals surface area contributed by atoms with E-state index in [4.69, 9.17) is 10.5 Å². The normalized spacial score (nSPS) is 10.6. The van der Waals surface area contributed by atoms with Crippen LogP contribution in [0.2, 0.25) is 0 Å². The van der Waals surface area contributed by atoms with Crippen molar-refractivity contribution in [1.82, 2.24) is 0 Å². The second kappa shape index (κ2) is 5.90. The Kier molecular flexibility index (Phi) is 3.79. The van der Waals surface area contributed by atoms with Crippen LogP contribution in [-0.2, 0) is 0 Å². The molecule has 0 spiro atoms. The Morgan fingerprint density at radius 1 is 0.955 bits per heavy atom. The number of carbonyl (C=O) groups excluding carboxylic acids is 1. The van der Waals surface area contributed by atoms with Gasteiger partial charge in [-0.2, -0.15) is 0 Å². The number of ketones is 1. The second-order valence-electron chi connectivity index (χ2n) is 5.04. The Hall–Kier alpha value is -2.81. The number of ether oxygens (including phenoxy) is 1. The zero-order valence-corrected chi connectivity index (χ0v) is 12.4. The first kappa shape index (κ1) is 14.1. The Bertz CT molecular complexity index is 822. The summed E-state index contributed by atoms with van der Waals surface area (Å²) < 4.78 is 5.65. The number of hydrogen-bond acceptors (Lipinski definition) is 3. The van der Waals surface area contributed by atoms with Gasteiger partial charge in [-0.1, -0.05) is 24.3 Å². The lowest BCUT2D eigenvalue weighted by atomic mass is 9.96. The molecule has 3 aromatic carbocycles. The Balaban J connectivity index is 2.13. The lowest BCUT2D eigenvalue weighted by Gasteiger charge is -2.11. The van der Waals surface area contributed by atoms with Gasteiger partial charge in [0, 0.05) is 22.2 Å². The van der Waals surface area contributed by atoms with E-state index in [0.29, 0.717) is 23.4 Å². The van der Waals surface area contributed by atoms with E-state index in [1.54, 1.807) is 24.3 Å². The molecule has 0 bridgehead atoms. The molecule has 0 fully saturated rings. The van der Waals surface area contributed by atoms with Crippen molar-refractivity contribution in [2.75, 3.05) is 12.3 Å². The van der Waals surface area contributed by atoms with Crippen molar-refractivity contribution < 1.29 is 9.53 Å². The predicted molar refractivity (Wildman–Crippen MR) is 89.4 cm³/mol. The van der Waals surface area contributed by atoms with Crippen LogP contribution >= 0.6 is 0 Å². The Labute approximate surface area is 129 Å². The van der Waals surface area contributed by atoms with Crippen LogP contribution in [0.3, 0.4) is 0 Å². The van der Waals surface area contributed by atoms with Gasteiger partial charge >= 0.3 is 0 Å². The minimum absolute atomic E-state index is 0.0146. The SMILES string of the molecule is CCOc1ccc(C(=O)c2ccc(N)cc2)c2ccccc12. The van der Waals surface area contributed by atoms with Crippen LogP contribution in [-0.4, -0.2) is 12.4 Å². The zero-order chi connectivity index (χ0) is 15.5. The molecule has 110 valence electrons. The first-order chi connectivity index (χ1) is 10.7. The fourth-order valence-corrected chi connectivity index (χ4v) is 2.54. The van der Waals surface area contributed by atoms with E-state index in [9.17, 15) is 4.79 Å². The Morgan fingerprint density at radius 2 is 1.64 bits per heavy atom. The lowest BCUT2D eigenvalue weighted by molar-refractivity contribution is 0.104. The Morgan fingerprint density at radius 3 is 2.32 bits per heavy atom. The molecule has 0 aliphatic heterocycles. The molecule has 3 heteroatoms. The molecule has 2 N–H and O–H groups in total. The number of nitrogens with two attached hydrogens (primary N) is 1. The van der Waals surface area contributed by atoms with Crippen molar-refractivity contribution >= 4 is 22.2 Å². The molecule has 3 aromatic rings. The van der Waals surface area contributed by atoms with Crippen molar-refractivity contribution in [2.24, 2.45) is 0 Å². The summed E-state index contributed by atoms with van der Waals surface area (Å²) in [5, 5.41) is 1.85. The number of benzene rings is 3. The molecular formula is C19H17NO2. The van der Waals surface area contributed by atoms with Gasteiger partial charge in [-0.15, -0.1) is 0 Å². The minimum Gasteiger partial charge on any atom is -0.493 e. The van der Waals surface area contributed by atoms with Gasteiger partial charge in [-0.05, 0) is 48.7 Å². The standard InChI is InChI=1S/C19H17NO2/c1-2-22-18-12-11-17(15-5-3-4-6-16(15)18)19(21)13-7-9-14(20)10-8-13/h3-12H,2,20H2,1H3. The fraction of sp³-hybridized carbons (Fsp3) is 0.105. The molecule has 22 heavy (non-hydrogen) atoms. The van der Waals surface area contributed by atoms with Crippen molar-refractivity contribution in [2.45, 2.75) is 6.92 Å². The second-order valence-corrected chi connectivity index (χ2v) is 5.04. The molecule has 0 saturated heterocycles. The molecule has 3 nitrogen and oxygen atoms in total. The van der Waals surface area contributed by atoms with Crippen molar-refractivity contribution in [3.05, 3.63) is 71.8 Å². The van der Waals surface area contributed by atoms with Gasteiger partial charge < -0.3 is 10.5 Å². The smallest absolute Gasteiger partial charge is 0.193 e. The highest BCUT2D eigenvalue weighted by molar-refractivity contribution is 6.17. The van der Waals surface area contributed by atoms with E-state index < -0.39 is 0 Å². The van der Waals surface area contributed by atoms with Crippen LogP contribution < -0.4 is 10.5 Å². The third-order valence-electron chi connectivity index (χ3n) is 3.60. The number of anilines is 1. The molecular weight excluding hydrogens is 274 g/mol. The molecule has 0 atom stereocenters. The van der Waals surface area contributed by atoms with E-state index in [1.807, 2.05) is 43.3 Å². The van der Waals surface area contributed by atoms with Crippen molar-refractivity contribution in [3.8, 4) is 5.75 Å². The summed E-state index contributed by atoms with van der Waals surface area (Å²) in [5.41, 5.74) is 7.63. The summed E-state index contributed by atoms with van der Waals surface area (Å²) in [5.74, 6) is 0.784. The molecule has 0 saturated carbocycles. The maximum Gasteiger partial charge on any atom is 0.193 e. The van der Waals surface area contributed by atoms with Crippen LogP contribution in [0.25, 0.3) is 10.8 Å². The first-order valence-electron chi connectivity index (χ1n) is 7.25. The van der Waals surface area contributed by atoms with Crippen LogP contribution in [0, 0.1) is 0 Å². The predicted octanol–water partition coefficient (Wildman–Crippen LogP) is 4.05. The summed E-state index contributed by atoms with van der Waals surface area (Å²) in [4.78, 5) is 12.8. The number of rotatable bonds is 4. The number of hydrogen-bond donors (Lipinski definition) is 1. The molecule has 3 rings (SSSR count). The van der Waals surface area contributed by atoms with Crippen LogP contribution in [0.1, 0.15) is 22.8 Å².